The second-order valence-corrected chi connectivity index (χ2v) is 5.52. The van der Waals surface area contributed by atoms with Crippen LogP contribution in [0.3, 0.4) is 0 Å². The van der Waals surface area contributed by atoms with Crippen LogP contribution in [-0.2, 0) is 11.3 Å². The van der Waals surface area contributed by atoms with E-state index in [0.29, 0.717) is 0 Å². The van der Waals surface area contributed by atoms with Crippen LogP contribution >= 0.6 is 0 Å². The largest absolute Gasteiger partial charge is 0.507 e. The molecule has 0 amide bonds. The summed E-state index contributed by atoms with van der Waals surface area (Å²) in [4.78, 5) is 24.3. The molecular weight excluding hydrogens is 334 g/mol. The van der Waals surface area contributed by atoms with E-state index in [9.17, 15) is 9.90 Å². The van der Waals surface area contributed by atoms with E-state index in [1.54, 1.807) is 12.1 Å². The fraction of sp³-hybridized carbons (Fsp3) is 0.111. The van der Waals surface area contributed by atoms with Crippen LogP contribution in [0.2, 0.25) is 0 Å². The number of nitrogens with one attached hydrogen (secondary N) is 1. The van der Waals surface area contributed by atoms with Gasteiger partial charge in [-0.15, -0.1) is 0 Å². The highest BCUT2D eigenvalue weighted by molar-refractivity contribution is 5.92. The van der Waals surface area contributed by atoms with Gasteiger partial charge in [0, 0.05) is 5.69 Å². The van der Waals surface area contributed by atoms with E-state index < -0.39 is 5.97 Å². The molecule has 3 aromatic rings. The van der Waals surface area contributed by atoms with Gasteiger partial charge in [-0.05, 0) is 31.2 Å². The minimum Gasteiger partial charge on any atom is -0.507 e. The van der Waals surface area contributed by atoms with Crippen LogP contribution in [0.4, 0.5) is 17.6 Å². The molecule has 0 spiro atoms. The average Bonchev–Trinajstić information content (AvgIpc) is 2.62. The zero-order valence-electron chi connectivity index (χ0n) is 14.0. The van der Waals surface area contributed by atoms with Crippen LogP contribution in [0.15, 0.2) is 48.5 Å². The highest BCUT2D eigenvalue weighted by atomic mass is 16.5. The van der Waals surface area contributed by atoms with Crippen molar-refractivity contribution in [2.24, 2.45) is 0 Å². The van der Waals surface area contributed by atoms with Gasteiger partial charge < -0.3 is 20.9 Å². The number of aromatic nitrogens is 3. The van der Waals surface area contributed by atoms with E-state index in [-0.39, 0.29) is 35.6 Å². The van der Waals surface area contributed by atoms with Crippen molar-refractivity contribution >= 4 is 23.6 Å². The molecule has 0 aliphatic heterocycles. The summed E-state index contributed by atoms with van der Waals surface area (Å²) in [6, 6.07) is 14.0. The quantitative estimate of drug-likeness (QED) is 0.599. The Morgan fingerprint density at radius 3 is 2.69 bits per heavy atom. The monoisotopic (exact) mass is 351 g/mol. The topological polar surface area (TPSA) is 123 Å². The zero-order chi connectivity index (χ0) is 18.5. The summed E-state index contributed by atoms with van der Waals surface area (Å²) < 4.78 is 5.18. The third-order valence-corrected chi connectivity index (χ3v) is 3.43. The summed E-state index contributed by atoms with van der Waals surface area (Å²) in [6.07, 6.45) is 0. The van der Waals surface area contributed by atoms with Crippen molar-refractivity contribution in [3.05, 3.63) is 65.5 Å². The van der Waals surface area contributed by atoms with E-state index in [2.05, 4.69) is 20.3 Å². The Kier molecular flexibility index (Phi) is 4.93. The number of aryl methyl sites for hydroxylation is 1. The third kappa shape index (κ3) is 4.23. The first-order chi connectivity index (χ1) is 12.5. The summed E-state index contributed by atoms with van der Waals surface area (Å²) in [5.41, 5.74) is 7.38. The normalized spacial score (nSPS) is 10.3. The van der Waals surface area contributed by atoms with Crippen LogP contribution in [0.1, 0.15) is 21.7 Å². The lowest BCUT2D eigenvalue weighted by Crippen LogP contribution is -2.11. The standard InChI is InChI=1S/C18H17N5O3/c1-11-7-8-14(24)13(9-11)16(25)26-10-15-21-17(19)23-18(22-15)20-12-5-3-2-4-6-12/h2-9,24H,10H2,1H3,(H3,19,20,21,22,23). The Labute approximate surface area is 149 Å². The molecule has 132 valence electrons. The highest BCUT2D eigenvalue weighted by Crippen LogP contribution is 2.20. The summed E-state index contributed by atoms with van der Waals surface area (Å²) >= 11 is 0. The summed E-state index contributed by atoms with van der Waals surface area (Å²) in [5, 5.41) is 12.8. The minimum absolute atomic E-state index is 0.00267. The molecule has 0 atom stereocenters. The predicted octanol–water partition coefficient (Wildman–Crippen LogP) is 2.57. The van der Waals surface area contributed by atoms with Gasteiger partial charge in [-0.2, -0.15) is 15.0 Å². The van der Waals surface area contributed by atoms with Gasteiger partial charge in [0.2, 0.25) is 11.9 Å². The van der Waals surface area contributed by atoms with Gasteiger partial charge >= 0.3 is 5.97 Å². The van der Waals surface area contributed by atoms with E-state index >= 15 is 0 Å². The van der Waals surface area contributed by atoms with Crippen molar-refractivity contribution in [1.82, 2.24) is 15.0 Å². The summed E-state index contributed by atoms with van der Waals surface area (Å²) in [5.74, 6) is -0.391. The maximum absolute atomic E-state index is 12.2. The van der Waals surface area contributed by atoms with Gasteiger partial charge in [-0.3, -0.25) is 0 Å². The molecule has 3 rings (SSSR count). The first kappa shape index (κ1) is 17.2. The summed E-state index contributed by atoms with van der Waals surface area (Å²) in [7, 11) is 0. The van der Waals surface area contributed by atoms with Crippen LogP contribution in [0, 0.1) is 6.92 Å². The van der Waals surface area contributed by atoms with Crippen molar-refractivity contribution in [2.45, 2.75) is 13.5 Å². The predicted molar refractivity (Wildman–Crippen MR) is 95.9 cm³/mol. The van der Waals surface area contributed by atoms with E-state index in [4.69, 9.17) is 10.5 Å². The average molecular weight is 351 g/mol. The molecule has 1 heterocycles. The molecule has 0 bridgehead atoms. The van der Waals surface area contributed by atoms with Crippen molar-refractivity contribution < 1.29 is 14.6 Å². The van der Waals surface area contributed by atoms with Crippen molar-refractivity contribution in [3.8, 4) is 5.75 Å². The Balaban J connectivity index is 1.71. The van der Waals surface area contributed by atoms with Crippen LogP contribution < -0.4 is 11.1 Å². The summed E-state index contributed by atoms with van der Waals surface area (Å²) in [6.45, 7) is 1.60. The number of hydrogen-bond donors (Lipinski definition) is 3. The van der Waals surface area contributed by atoms with E-state index in [1.165, 1.54) is 6.07 Å². The molecule has 0 fully saturated rings. The molecule has 0 aliphatic carbocycles. The lowest BCUT2D eigenvalue weighted by molar-refractivity contribution is 0.0458. The van der Waals surface area contributed by atoms with Gasteiger partial charge in [-0.25, -0.2) is 4.79 Å². The minimum atomic E-state index is -0.678. The smallest absolute Gasteiger partial charge is 0.342 e. The molecule has 26 heavy (non-hydrogen) atoms. The third-order valence-electron chi connectivity index (χ3n) is 3.43. The van der Waals surface area contributed by atoms with Crippen molar-refractivity contribution in [1.29, 1.82) is 0 Å². The molecule has 4 N–H and O–H groups in total. The number of aromatic hydroxyl groups is 1. The Bertz CT molecular complexity index is 931. The second-order valence-electron chi connectivity index (χ2n) is 5.52. The van der Waals surface area contributed by atoms with Crippen LogP contribution in [0.25, 0.3) is 0 Å². The molecule has 0 aliphatic rings. The number of phenols is 1. The Hall–Kier alpha value is -3.68. The maximum Gasteiger partial charge on any atom is 0.342 e. The van der Waals surface area contributed by atoms with Crippen molar-refractivity contribution in [2.75, 3.05) is 11.1 Å². The van der Waals surface area contributed by atoms with Crippen LogP contribution in [-0.4, -0.2) is 26.0 Å². The number of para-hydroxylation sites is 1. The Morgan fingerprint density at radius 2 is 1.92 bits per heavy atom. The second kappa shape index (κ2) is 7.47. The number of rotatable bonds is 5. The molecule has 0 saturated carbocycles. The van der Waals surface area contributed by atoms with Gasteiger partial charge in [0.15, 0.2) is 12.4 Å². The van der Waals surface area contributed by atoms with Crippen molar-refractivity contribution in [3.63, 3.8) is 0 Å². The lowest BCUT2D eigenvalue weighted by Gasteiger charge is -2.09. The number of carbonyl (C=O) groups is 1. The molecule has 0 unspecified atom stereocenters. The maximum atomic E-state index is 12.2. The number of nitrogens with two attached hydrogens (primary N) is 1. The number of nitrogens with zero attached hydrogens (tertiary/aromatic N) is 3. The van der Waals surface area contributed by atoms with Gasteiger partial charge in [-0.1, -0.05) is 29.8 Å². The zero-order valence-corrected chi connectivity index (χ0v) is 14.0. The molecule has 1 aromatic heterocycles. The molecule has 0 saturated heterocycles. The number of benzene rings is 2. The fourth-order valence-electron chi connectivity index (χ4n) is 2.23. The van der Waals surface area contributed by atoms with Gasteiger partial charge in [0.05, 0.1) is 0 Å². The highest BCUT2D eigenvalue weighted by Gasteiger charge is 2.14. The number of ether oxygens (including phenoxy) is 1. The SMILES string of the molecule is Cc1ccc(O)c(C(=O)OCc2nc(N)nc(Nc3ccccc3)n2)c1. The number of esters is 1. The molecule has 8 heteroatoms. The van der Waals surface area contributed by atoms with Crippen LogP contribution in [0.5, 0.6) is 5.75 Å². The lowest BCUT2D eigenvalue weighted by atomic mass is 10.1. The number of carbonyl (C=O) groups excluding carboxylic acids is 1. The first-order valence-corrected chi connectivity index (χ1v) is 7.80. The number of phenolic OH excluding ortho intramolecular Hbond substituents is 1. The van der Waals surface area contributed by atoms with E-state index in [0.717, 1.165) is 11.3 Å². The van der Waals surface area contributed by atoms with Gasteiger partial charge in [0.1, 0.15) is 11.3 Å². The number of hydrogen-bond acceptors (Lipinski definition) is 8. The number of nitrogen functional groups attached to an aromatic ring is 1. The van der Waals surface area contributed by atoms with Gasteiger partial charge in [0.25, 0.3) is 0 Å². The molecule has 8 nitrogen and oxygen atoms in total. The van der Waals surface area contributed by atoms with E-state index in [1.807, 2.05) is 37.3 Å². The number of anilines is 3. The molecule has 2 aromatic carbocycles. The fourth-order valence-corrected chi connectivity index (χ4v) is 2.23. The molecular formula is C18H17N5O3. The molecule has 0 radical (unpaired) electrons. The first-order valence-electron chi connectivity index (χ1n) is 7.80. The Morgan fingerprint density at radius 1 is 1.15 bits per heavy atom.